The first-order valence-electron chi connectivity index (χ1n) is 32.1. The first-order valence-corrected chi connectivity index (χ1v) is 33.7. The highest BCUT2D eigenvalue weighted by atomic mass is 79.9. The number of esters is 1. The fourth-order valence-electron chi connectivity index (χ4n) is 11.6. The van der Waals surface area contributed by atoms with E-state index in [0.717, 1.165) is 30.3 Å². The summed E-state index contributed by atoms with van der Waals surface area (Å²) < 4.78 is 118. The number of ether oxygens (including phenoxy) is 1. The van der Waals surface area contributed by atoms with Gasteiger partial charge in [-0.3, -0.25) is 4.79 Å². The lowest BCUT2D eigenvalue weighted by molar-refractivity contribution is 0.00641. The van der Waals surface area contributed by atoms with Crippen molar-refractivity contribution in [1.82, 2.24) is 35.2 Å². The number of benzene rings is 5. The average molecular weight is 1590 g/mol. The van der Waals surface area contributed by atoms with Crippen molar-refractivity contribution in [3.63, 3.8) is 0 Å². The monoisotopic (exact) mass is 1590 g/mol. The van der Waals surface area contributed by atoms with Gasteiger partial charge in [0, 0.05) is 43.4 Å². The van der Waals surface area contributed by atoms with E-state index in [1.807, 2.05) is 0 Å². The van der Waals surface area contributed by atoms with Gasteiger partial charge in [0.05, 0.1) is 96.0 Å². The number of nitrogens with two attached hydrogens (primary N) is 4. The molecule has 552 valence electrons. The van der Waals surface area contributed by atoms with Gasteiger partial charge in [0.1, 0.15) is 87.7 Å². The van der Waals surface area contributed by atoms with Crippen molar-refractivity contribution >= 4 is 79.6 Å². The molecule has 103 heavy (non-hydrogen) atoms. The van der Waals surface area contributed by atoms with Crippen molar-refractivity contribution in [2.45, 2.75) is 151 Å². The third kappa shape index (κ3) is 21.8. The smallest absolute Gasteiger partial charge is 0.341 e. The molecular formula is C71H76Br2ClF8N11O10. The van der Waals surface area contributed by atoms with E-state index in [9.17, 15) is 69.9 Å². The molecule has 8 aromatic rings. The number of alkyl halides is 3. The van der Waals surface area contributed by atoms with E-state index in [4.69, 9.17) is 37.9 Å². The maximum Gasteiger partial charge on any atom is 0.341 e. The molecule has 32 heteroatoms. The molecular weight excluding hydrogens is 1510 g/mol. The Morgan fingerprint density at radius 2 is 0.903 bits per heavy atom. The molecule has 0 spiro atoms. The van der Waals surface area contributed by atoms with Crippen LogP contribution in [0.2, 0.25) is 0 Å². The molecule has 5 aromatic carbocycles. The number of hydrogen-bond donors (Lipinski definition) is 11. The minimum atomic E-state index is -1.37. The number of nitrogens with zero attached hydrogens (tertiary/aromatic N) is 6. The molecule has 3 fully saturated rings. The Morgan fingerprint density at radius 1 is 0.544 bits per heavy atom. The van der Waals surface area contributed by atoms with Gasteiger partial charge < -0.3 is 63.6 Å². The molecule has 11 rings (SSSR count). The van der Waals surface area contributed by atoms with E-state index in [2.05, 4.69) is 67.1 Å². The first kappa shape index (κ1) is 81.9. The Morgan fingerprint density at radius 3 is 1.23 bits per heavy atom. The summed E-state index contributed by atoms with van der Waals surface area (Å²) in [5.74, 6) is -6.84. The van der Waals surface area contributed by atoms with Gasteiger partial charge in [-0.2, -0.15) is 0 Å². The first-order chi connectivity index (χ1) is 48.2. The van der Waals surface area contributed by atoms with Crippen molar-refractivity contribution in [3.8, 4) is 33.8 Å². The topological polar surface area (TPSA) is 375 Å². The summed E-state index contributed by atoms with van der Waals surface area (Å²) in [6.07, 6.45) is 0.472. The fourth-order valence-corrected chi connectivity index (χ4v) is 12.5. The summed E-state index contributed by atoms with van der Waals surface area (Å²) in [6, 6.07) is 18.2. The lowest BCUT2D eigenvalue weighted by atomic mass is 9.84. The minimum absolute atomic E-state index is 0. The molecule has 3 aliphatic rings. The Kier molecular flexibility index (Phi) is 28.9. The molecule has 3 aromatic heterocycles. The van der Waals surface area contributed by atoms with Gasteiger partial charge in [-0.15, -0.1) is 12.4 Å². The number of hydrogen-bond acceptors (Lipinski definition) is 19. The van der Waals surface area contributed by atoms with Gasteiger partial charge in [0.15, 0.2) is 0 Å². The van der Waals surface area contributed by atoms with Crippen LogP contribution in [0.3, 0.4) is 0 Å². The molecule has 3 aliphatic carbocycles. The predicted molar refractivity (Wildman–Crippen MR) is 377 cm³/mol. The molecule has 0 saturated heterocycles. The summed E-state index contributed by atoms with van der Waals surface area (Å²) in [5, 5.41) is 58.5. The molecule has 21 nitrogen and oxygen atoms in total. The second-order valence-corrected chi connectivity index (χ2v) is 27.5. The molecule has 3 heterocycles. The van der Waals surface area contributed by atoms with Crippen molar-refractivity contribution < 1.29 is 84.9 Å². The van der Waals surface area contributed by atoms with Gasteiger partial charge in [-0.1, -0.05) is 50.1 Å². The van der Waals surface area contributed by atoms with Crippen LogP contribution in [-0.2, 0) is 4.74 Å². The second-order valence-electron chi connectivity index (χ2n) is 25.7. The summed E-state index contributed by atoms with van der Waals surface area (Å²) in [4.78, 5) is 61.4. The van der Waals surface area contributed by atoms with Gasteiger partial charge in [-0.25, -0.2) is 74.6 Å². The fraction of sp³-hybridized carbons (Fsp3) is 0.366. The van der Waals surface area contributed by atoms with Crippen molar-refractivity contribution in [3.05, 3.63) is 193 Å². The molecule has 3 saturated carbocycles. The highest BCUT2D eigenvalue weighted by Gasteiger charge is 2.35. The van der Waals surface area contributed by atoms with Crippen LogP contribution in [0.1, 0.15) is 168 Å². The van der Waals surface area contributed by atoms with Crippen molar-refractivity contribution in [1.29, 1.82) is 0 Å². The second kappa shape index (κ2) is 36.3. The summed E-state index contributed by atoms with van der Waals surface area (Å²) in [6.45, 7) is 4.38. The summed E-state index contributed by atoms with van der Waals surface area (Å²) >= 11 is 6.29. The van der Waals surface area contributed by atoms with Crippen LogP contribution >= 0.6 is 44.3 Å². The SMILES string of the molecule is CC(C)(C)OC(=O)c1ccc(-c2nc([C@@H]3CC[C@@H](O)[C@H](F)C3)cnc2N)cc1F.Cl.N[C@H](CO)c1cc(F)cc(Br)c1.Nc1ncc([C@@H]2CC[C@@H](O)[C@H](F)C2)nc1-c1ccc(C(=O)N[C@H](CO)c2cc(F)cc(Br)c2)c(F)c1.Nc1ncc([C@@H]2CC[C@@H](O)[C@H](F)C2)nc1-c1ccc(C(=O)O)c(F)c1. The number of nitrogen functional groups attached to an aromatic ring is 3. The number of aliphatic hydroxyl groups is 5. The van der Waals surface area contributed by atoms with Crippen LogP contribution in [0.15, 0.2) is 119 Å². The number of aromatic carboxylic acids is 1. The van der Waals surface area contributed by atoms with Crippen molar-refractivity contribution in [2.75, 3.05) is 30.4 Å². The number of anilines is 3. The Balaban J connectivity index is 0.000000202. The molecule has 0 radical (unpaired) electrons. The van der Waals surface area contributed by atoms with Gasteiger partial charge in [0.2, 0.25) is 0 Å². The number of rotatable bonds is 14. The van der Waals surface area contributed by atoms with Crippen LogP contribution in [0.4, 0.5) is 52.6 Å². The van der Waals surface area contributed by atoms with E-state index in [1.165, 1.54) is 73.2 Å². The van der Waals surface area contributed by atoms with Gasteiger partial charge in [-0.05, 0) is 162 Å². The zero-order chi connectivity index (χ0) is 74.6. The van der Waals surface area contributed by atoms with E-state index in [-0.39, 0.29) is 113 Å². The summed E-state index contributed by atoms with van der Waals surface area (Å²) in [7, 11) is 0. The van der Waals surface area contributed by atoms with E-state index in [0.29, 0.717) is 86.8 Å². The maximum atomic E-state index is 15.0. The zero-order valence-corrected chi connectivity index (χ0v) is 59.5. The Hall–Kier alpha value is -8.40. The number of carbonyl (C=O) groups is 3. The number of halogens is 11. The number of nitrogens with one attached hydrogen (secondary N) is 1. The quantitative estimate of drug-likeness (QED) is 0.0356. The Bertz CT molecular complexity index is 4270. The normalized spacial score (nSPS) is 20.7. The van der Waals surface area contributed by atoms with Crippen LogP contribution in [0.5, 0.6) is 0 Å². The Labute approximate surface area is 609 Å². The molecule has 11 atom stereocenters. The predicted octanol–water partition coefficient (Wildman–Crippen LogP) is 12.5. The highest BCUT2D eigenvalue weighted by molar-refractivity contribution is 9.10. The van der Waals surface area contributed by atoms with Gasteiger partial charge in [0.25, 0.3) is 5.91 Å². The minimum Gasteiger partial charge on any atom is -0.478 e. The highest BCUT2D eigenvalue weighted by Crippen LogP contribution is 2.39. The zero-order valence-electron chi connectivity index (χ0n) is 55.5. The molecule has 15 N–H and O–H groups in total. The number of aliphatic hydroxyl groups excluding tert-OH is 5. The van der Waals surface area contributed by atoms with E-state index >= 15 is 0 Å². The average Bonchev–Trinajstić information content (AvgIpc) is 0.806. The van der Waals surface area contributed by atoms with Crippen LogP contribution in [0, 0.1) is 29.1 Å². The molecule has 1 amide bonds. The lowest BCUT2D eigenvalue weighted by Gasteiger charge is -2.28. The number of carboxylic acids is 1. The van der Waals surface area contributed by atoms with Gasteiger partial charge >= 0.3 is 11.9 Å². The van der Waals surface area contributed by atoms with Crippen molar-refractivity contribution in [2.24, 2.45) is 5.73 Å². The molecule has 0 bridgehead atoms. The number of aromatic nitrogens is 6. The number of carbonyl (C=O) groups excluding carboxylic acids is 2. The van der Waals surface area contributed by atoms with E-state index < -0.39 is 108 Å². The van der Waals surface area contributed by atoms with Crippen LogP contribution in [-0.4, -0.2) is 134 Å². The summed E-state index contributed by atoms with van der Waals surface area (Å²) in [5.41, 5.74) is 25.6. The largest absolute Gasteiger partial charge is 0.478 e. The number of carboxylic acid groups (broad SMARTS) is 1. The maximum absolute atomic E-state index is 15.0. The molecule has 0 aliphatic heterocycles. The third-order valence-corrected chi connectivity index (χ3v) is 17.9. The van der Waals surface area contributed by atoms with E-state index in [1.54, 1.807) is 26.8 Å². The molecule has 0 unspecified atom stereocenters. The lowest BCUT2D eigenvalue weighted by Crippen LogP contribution is -2.31. The van der Waals surface area contributed by atoms with Crippen LogP contribution < -0.4 is 28.3 Å². The number of amides is 1. The standard InChI is InChI=1S/C25H24BrF3N4O3.C21H25F2N3O3.C17H17F2N3O3.C8H9BrFNO.ClH/c26-15-5-14(6-16(27)9-15)21(11-34)33-25(36)17-3-1-13(8-18(17)28)23-24(30)31-10-20(32-23)12-2-4-22(35)19(29)7-12;1-21(2,3)29-20(28)13-6-4-12(9-14(13)22)18-19(24)25-10-16(26-18)11-5-7-17(27)15(23)8-11;18-11-6-9(1-3-10(11)17(24)25)15-16(20)21-7-13(22-15)8-2-4-14(23)12(19)5-8;9-6-1-5(8(11)4-12)2-7(10)3-6;/h1,3,5-6,8-10,12,19,21-22,34-35H,2,4,7,11H2,(H2,30,31)(H,33,36);4,6,9-11,15,17,27H,5,7-8H2,1-3H3,(H2,24,25);1,3,6-8,12,14,23H,2,4-5H2,(H2,20,21)(H,24,25);1-3,8,12H,4,11H2;1H/t12-,19-,21-,22-;11-,15-,17-;8-,12-,14-;8-;/m1111./s1. The van der Waals surface area contributed by atoms with Crippen LogP contribution in [0.25, 0.3) is 33.8 Å². The third-order valence-electron chi connectivity index (χ3n) is 17.0.